The molecule has 6 nitrogen and oxygen atoms in total. The van der Waals surface area contributed by atoms with Crippen molar-refractivity contribution in [3.05, 3.63) is 46.6 Å². The first-order chi connectivity index (χ1) is 11.2. The van der Waals surface area contributed by atoms with E-state index in [0.29, 0.717) is 35.7 Å². The van der Waals surface area contributed by atoms with Crippen molar-refractivity contribution >= 4 is 5.78 Å². The number of nitrogens with zero attached hydrogens (tertiary/aromatic N) is 1. The molecular weight excluding hydrogens is 296 g/mol. The van der Waals surface area contributed by atoms with Crippen LogP contribution in [0.2, 0.25) is 0 Å². The number of nitriles is 1. The Balaban J connectivity index is 1.88. The number of allylic oxidation sites excluding steroid dienone is 3. The number of Topliss-reactive ketones (excluding diaryl/α,β-unsaturated/α-hetero) is 1. The molecule has 0 radical (unpaired) electrons. The zero-order valence-electron chi connectivity index (χ0n) is 12.3. The SMILES string of the molecule is N#CC1=C(N)OC2=C(C(=O)CCC2)[C@H]1c1ccc2c(c1)OCO2. The Bertz CT molecular complexity index is 816. The average molecular weight is 310 g/mol. The molecule has 0 bridgehead atoms. The van der Waals surface area contributed by atoms with E-state index in [0.717, 1.165) is 12.0 Å². The molecule has 23 heavy (non-hydrogen) atoms. The highest BCUT2D eigenvalue weighted by atomic mass is 16.7. The predicted octanol–water partition coefficient (Wildman–Crippen LogP) is 2.23. The van der Waals surface area contributed by atoms with Crippen LogP contribution in [0.1, 0.15) is 30.7 Å². The van der Waals surface area contributed by atoms with E-state index in [1.54, 1.807) is 12.1 Å². The molecule has 0 fully saturated rings. The fourth-order valence-electron chi connectivity index (χ4n) is 3.28. The number of fused-ring (bicyclic) bond motifs is 1. The molecule has 0 aromatic heterocycles. The van der Waals surface area contributed by atoms with Crippen molar-refractivity contribution in [3.8, 4) is 17.6 Å². The van der Waals surface area contributed by atoms with Crippen LogP contribution in [0.3, 0.4) is 0 Å². The number of hydrogen-bond donors (Lipinski definition) is 1. The Labute approximate surface area is 132 Å². The number of ether oxygens (including phenoxy) is 3. The molecule has 2 aliphatic heterocycles. The summed E-state index contributed by atoms with van der Waals surface area (Å²) < 4.78 is 16.3. The van der Waals surface area contributed by atoms with Gasteiger partial charge in [-0.05, 0) is 24.1 Å². The lowest BCUT2D eigenvalue weighted by Crippen LogP contribution is -2.27. The van der Waals surface area contributed by atoms with E-state index in [2.05, 4.69) is 6.07 Å². The highest BCUT2D eigenvalue weighted by molar-refractivity contribution is 5.99. The summed E-state index contributed by atoms with van der Waals surface area (Å²) in [5.41, 5.74) is 7.50. The third-order valence-corrected chi connectivity index (χ3v) is 4.33. The highest BCUT2D eigenvalue weighted by Gasteiger charge is 2.38. The lowest BCUT2D eigenvalue weighted by molar-refractivity contribution is -0.116. The van der Waals surface area contributed by atoms with Crippen LogP contribution < -0.4 is 15.2 Å². The lowest BCUT2D eigenvalue weighted by atomic mass is 9.77. The Morgan fingerprint density at radius 2 is 2.04 bits per heavy atom. The van der Waals surface area contributed by atoms with Crippen LogP contribution in [0, 0.1) is 11.3 Å². The molecule has 0 spiro atoms. The number of hydrogen-bond acceptors (Lipinski definition) is 6. The summed E-state index contributed by atoms with van der Waals surface area (Å²) in [6.45, 7) is 0.169. The van der Waals surface area contributed by atoms with Crippen molar-refractivity contribution in [3.63, 3.8) is 0 Å². The quantitative estimate of drug-likeness (QED) is 0.854. The maximum absolute atomic E-state index is 12.4. The van der Waals surface area contributed by atoms with Gasteiger partial charge in [-0.15, -0.1) is 0 Å². The number of benzene rings is 1. The first kappa shape index (κ1) is 13.7. The number of carbonyl (C=O) groups excluding carboxylic acids is 1. The predicted molar refractivity (Wildman–Crippen MR) is 79.1 cm³/mol. The normalized spacial score (nSPS) is 22.6. The van der Waals surface area contributed by atoms with E-state index in [1.807, 2.05) is 6.07 Å². The Kier molecular flexibility index (Phi) is 3.01. The third kappa shape index (κ3) is 2.05. The number of nitrogens with two attached hydrogens (primary N) is 1. The topological polar surface area (TPSA) is 94.6 Å². The highest BCUT2D eigenvalue weighted by Crippen LogP contribution is 2.45. The molecule has 0 saturated heterocycles. The molecule has 1 aromatic carbocycles. The molecule has 0 amide bonds. The van der Waals surface area contributed by atoms with Crippen molar-refractivity contribution in [1.82, 2.24) is 0 Å². The molecule has 3 aliphatic rings. The molecule has 1 atom stereocenters. The summed E-state index contributed by atoms with van der Waals surface area (Å²) in [7, 11) is 0. The van der Waals surface area contributed by atoms with Gasteiger partial charge in [0.15, 0.2) is 17.3 Å². The van der Waals surface area contributed by atoms with Gasteiger partial charge in [0, 0.05) is 18.4 Å². The molecule has 1 aliphatic carbocycles. The first-order valence-electron chi connectivity index (χ1n) is 7.42. The van der Waals surface area contributed by atoms with Gasteiger partial charge >= 0.3 is 0 Å². The van der Waals surface area contributed by atoms with Gasteiger partial charge in [-0.25, -0.2) is 0 Å². The zero-order valence-corrected chi connectivity index (χ0v) is 12.3. The monoisotopic (exact) mass is 310 g/mol. The van der Waals surface area contributed by atoms with Gasteiger partial charge in [-0.3, -0.25) is 4.79 Å². The molecule has 0 unspecified atom stereocenters. The standard InChI is InChI=1S/C17H14N2O4/c18-7-10-15(9-4-5-12-14(6-9)22-8-21-12)16-11(20)2-1-3-13(16)23-17(10)19/h4-6,15H,1-3,8,19H2/t15-/m0/s1. The Hall–Kier alpha value is -2.94. The lowest BCUT2D eigenvalue weighted by Gasteiger charge is -2.31. The molecule has 6 heteroatoms. The smallest absolute Gasteiger partial charge is 0.231 e. The summed E-state index contributed by atoms with van der Waals surface area (Å²) in [4.78, 5) is 12.4. The third-order valence-electron chi connectivity index (χ3n) is 4.33. The number of rotatable bonds is 1. The minimum Gasteiger partial charge on any atom is -0.454 e. The second-order valence-electron chi connectivity index (χ2n) is 5.65. The maximum atomic E-state index is 12.4. The first-order valence-corrected chi connectivity index (χ1v) is 7.42. The van der Waals surface area contributed by atoms with Gasteiger partial charge in [0.25, 0.3) is 0 Å². The van der Waals surface area contributed by atoms with Gasteiger partial charge in [0.2, 0.25) is 12.7 Å². The molecule has 2 N–H and O–H groups in total. The molecule has 1 aromatic rings. The molecule has 4 rings (SSSR count). The van der Waals surface area contributed by atoms with Crippen molar-refractivity contribution in [2.75, 3.05) is 6.79 Å². The summed E-state index contributed by atoms with van der Waals surface area (Å²) >= 11 is 0. The number of ketones is 1. The Morgan fingerprint density at radius 3 is 2.87 bits per heavy atom. The van der Waals surface area contributed by atoms with E-state index in [1.165, 1.54) is 0 Å². The van der Waals surface area contributed by atoms with E-state index in [9.17, 15) is 10.1 Å². The average Bonchev–Trinajstić information content (AvgIpc) is 3.01. The van der Waals surface area contributed by atoms with Crippen molar-refractivity contribution < 1.29 is 19.0 Å². The molecule has 0 saturated carbocycles. The largest absolute Gasteiger partial charge is 0.454 e. The van der Waals surface area contributed by atoms with Crippen LogP contribution >= 0.6 is 0 Å². The van der Waals surface area contributed by atoms with Gasteiger partial charge in [-0.2, -0.15) is 5.26 Å². The second-order valence-corrected chi connectivity index (χ2v) is 5.65. The van der Waals surface area contributed by atoms with Crippen molar-refractivity contribution in [1.29, 1.82) is 5.26 Å². The summed E-state index contributed by atoms with van der Waals surface area (Å²) in [5, 5.41) is 9.51. The van der Waals surface area contributed by atoms with Crippen LogP contribution in [-0.4, -0.2) is 12.6 Å². The van der Waals surface area contributed by atoms with Crippen molar-refractivity contribution in [2.45, 2.75) is 25.2 Å². The minimum atomic E-state index is -0.508. The van der Waals surface area contributed by atoms with Crippen molar-refractivity contribution in [2.24, 2.45) is 5.73 Å². The fourth-order valence-corrected chi connectivity index (χ4v) is 3.28. The van der Waals surface area contributed by atoms with Crippen LogP contribution in [0.4, 0.5) is 0 Å². The molecule has 116 valence electrons. The molecular formula is C17H14N2O4. The van der Waals surface area contributed by atoms with Gasteiger partial charge in [0.05, 0.1) is 5.92 Å². The van der Waals surface area contributed by atoms with E-state index < -0.39 is 5.92 Å². The van der Waals surface area contributed by atoms with Crippen LogP contribution in [0.15, 0.2) is 41.0 Å². The van der Waals surface area contributed by atoms with Gasteiger partial charge < -0.3 is 19.9 Å². The minimum absolute atomic E-state index is 0.00849. The summed E-state index contributed by atoms with van der Waals surface area (Å²) in [5.74, 6) is 1.42. The Morgan fingerprint density at radius 1 is 1.22 bits per heavy atom. The fraction of sp³-hybridized carbons (Fsp3) is 0.294. The maximum Gasteiger partial charge on any atom is 0.231 e. The van der Waals surface area contributed by atoms with Gasteiger partial charge in [-0.1, -0.05) is 6.07 Å². The van der Waals surface area contributed by atoms with Gasteiger partial charge in [0.1, 0.15) is 17.4 Å². The summed E-state index contributed by atoms with van der Waals surface area (Å²) in [6.07, 6.45) is 1.85. The van der Waals surface area contributed by atoms with Crippen LogP contribution in [0.5, 0.6) is 11.5 Å². The van der Waals surface area contributed by atoms with E-state index in [4.69, 9.17) is 19.9 Å². The number of carbonyl (C=O) groups is 1. The van der Waals surface area contributed by atoms with Crippen LogP contribution in [0.25, 0.3) is 0 Å². The summed E-state index contributed by atoms with van der Waals surface area (Å²) in [6, 6.07) is 7.51. The van der Waals surface area contributed by atoms with E-state index >= 15 is 0 Å². The van der Waals surface area contributed by atoms with Crippen LogP contribution in [-0.2, 0) is 9.53 Å². The molecule has 2 heterocycles. The zero-order chi connectivity index (χ0) is 16.0. The second kappa shape index (κ2) is 5.06. The van der Waals surface area contributed by atoms with E-state index in [-0.39, 0.29) is 24.0 Å².